The van der Waals surface area contributed by atoms with Crippen molar-refractivity contribution in [2.45, 2.75) is 32.9 Å². The van der Waals surface area contributed by atoms with Crippen LogP contribution in [-0.4, -0.2) is 18.1 Å². The zero-order valence-electron chi connectivity index (χ0n) is 11.0. The fraction of sp³-hybridized carbons (Fsp3) is 0.417. The molecular weight excluding hydrogens is 305 g/mol. The third kappa shape index (κ3) is 6.39. The summed E-state index contributed by atoms with van der Waals surface area (Å²) in [5.41, 5.74) is 0. The Bertz CT molecular complexity index is 469. The van der Waals surface area contributed by atoms with E-state index in [1.54, 1.807) is 32.9 Å². The van der Waals surface area contributed by atoms with Gasteiger partial charge in [-0.05, 0) is 56.0 Å². The summed E-state index contributed by atoms with van der Waals surface area (Å²) < 4.78 is 10.6. The number of halogens is 1. The van der Waals surface area contributed by atoms with Crippen molar-refractivity contribution in [2.75, 3.05) is 0 Å². The van der Waals surface area contributed by atoms with E-state index in [4.69, 9.17) is 32.3 Å². The second-order valence-corrected chi connectivity index (χ2v) is 9.19. The third-order valence-electron chi connectivity index (χ3n) is 2.02. The molecule has 0 heterocycles. The molecule has 7 heteroatoms. The van der Waals surface area contributed by atoms with Crippen LogP contribution in [0.4, 0.5) is 0 Å². The van der Waals surface area contributed by atoms with E-state index in [2.05, 4.69) is 5.09 Å². The summed E-state index contributed by atoms with van der Waals surface area (Å²) in [5, 5.41) is 2.80. The van der Waals surface area contributed by atoms with Gasteiger partial charge in [-0.15, -0.1) is 0 Å². The highest BCUT2D eigenvalue weighted by Gasteiger charge is 2.24. The van der Waals surface area contributed by atoms with Crippen LogP contribution in [0, 0.1) is 0 Å². The molecule has 0 saturated carbocycles. The molecule has 0 radical (unpaired) electrons. The number of hydrogen-bond donors (Lipinski definition) is 1. The number of benzene rings is 1. The van der Waals surface area contributed by atoms with Crippen LogP contribution >= 0.6 is 17.0 Å². The predicted octanol–water partition coefficient (Wildman–Crippen LogP) is 3.46. The first kappa shape index (κ1) is 16.4. The molecule has 0 bridgehead atoms. The Morgan fingerprint density at radius 2 is 1.89 bits per heavy atom. The molecule has 0 aliphatic heterocycles. The van der Waals surface area contributed by atoms with Crippen molar-refractivity contribution in [3.05, 3.63) is 30.3 Å². The molecule has 0 fully saturated rings. The van der Waals surface area contributed by atoms with Gasteiger partial charge in [0, 0.05) is 0 Å². The molecule has 0 saturated heterocycles. The van der Waals surface area contributed by atoms with Crippen LogP contribution in [-0.2, 0) is 21.3 Å². The first-order chi connectivity index (χ1) is 8.80. The molecule has 1 rings (SSSR count). The largest absolute Gasteiger partial charge is 0.462 e. The Balaban J connectivity index is 2.59. The average molecular weight is 322 g/mol. The smallest absolute Gasteiger partial charge is 0.323 e. The summed E-state index contributed by atoms with van der Waals surface area (Å²) >= 11 is 11.3. The Morgan fingerprint density at radius 1 is 1.32 bits per heavy atom. The number of carbonyl (C=O) groups excluding carboxylic acids is 1. The number of rotatable bonds is 6. The van der Waals surface area contributed by atoms with Crippen LogP contribution in [0.25, 0.3) is 0 Å². The second-order valence-electron chi connectivity index (χ2n) is 4.22. The maximum atomic E-state index is 11.7. The average Bonchev–Trinajstić information content (AvgIpc) is 2.27. The minimum atomic E-state index is -2.81. The minimum absolute atomic E-state index is 0.181. The summed E-state index contributed by atoms with van der Waals surface area (Å²) in [6.45, 7) is 5.20. The van der Waals surface area contributed by atoms with E-state index in [1.165, 1.54) is 0 Å². The maximum Gasteiger partial charge on any atom is 0.323 e. The van der Waals surface area contributed by atoms with Crippen molar-refractivity contribution in [1.82, 2.24) is 5.09 Å². The highest BCUT2D eigenvalue weighted by molar-refractivity contribution is 8.23. The summed E-state index contributed by atoms with van der Waals surface area (Å²) in [6.07, 6.45) is -0.181. The number of nitrogens with one attached hydrogen (secondary N) is 1. The van der Waals surface area contributed by atoms with Crippen LogP contribution in [0.3, 0.4) is 0 Å². The molecule has 1 N–H and O–H groups in total. The van der Waals surface area contributed by atoms with Gasteiger partial charge in [-0.3, -0.25) is 4.79 Å². The van der Waals surface area contributed by atoms with Crippen molar-refractivity contribution in [1.29, 1.82) is 0 Å². The fourth-order valence-corrected chi connectivity index (χ4v) is 3.69. The van der Waals surface area contributed by atoms with Gasteiger partial charge in [0.25, 0.3) is 5.77 Å². The van der Waals surface area contributed by atoms with Crippen LogP contribution in [0.2, 0.25) is 0 Å². The summed E-state index contributed by atoms with van der Waals surface area (Å²) in [7, 11) is 0. The Hall–Kier alpha value is -0.610. The molecule has 1 unspecified atom stereocenters. The van der Waals surface area contributed by atoms with Crippen LogP contribution in [0.1, 0.15) is 20.8 Å². The number of para-hydroxylation sites is 1. The minimum Gasteiger partial charge on any atom is -0.462 e. The Kier molecular flexibility index (Phi) is 6.27. The lowest BCUT2D eigenvalue weighted by atomic mass is 10.3. The van der Waals surface area contributed by atoms with E-state index in [0.717, 1.165) is 0 Å². The molecule has 0 amide bonds. The van der Waals surface area contributed by atoms with Gasteiger partial charge in [-0.2, -0.15) is 0 Å². The molecule has 106 valence electrons. The lowest BCUT2D eigenvalue weighted by molar-refractivity contribution is -0.148. The van der Waals surface area contributed by atoms with Crippen LogP contribution in [0.15, 0.2) is 30.3 Å². The number of hydrogen-bond acceptors (Lipinski definition) is 4. The van der Waals surface area contributed by atoms with Gasteiger partial charge in [0.2, 0.25) is 0 Å². The SMILES string of the molecule is CC(C)OC(=O)[C@@H](C)NP(=S)(Cl)Oc1ccccc1. The quantitative estimate of drug-likeness (QED) is 0.642. The molecule has 2 atom stereocenters. The molecule has 0 aromatic heterocycles. The monoisotopic (exact) mass is 321 g/mol. The van der Waals surface area contributed by atoms with Crippen LogP contribution in [0.5, 0.6) is 5.75 Å². The first-order valence-corrected chi connectivity index (χ1v) is 9.45. The standard InChI is InChI=1S/C12H17ClNO3PS/c1-9(2)16-12(15)10(3)14-18(13,19)17-11-7-5-4-6-8-11/h4-10H,1-3H3,(H,14,19)/t10-,18?/m1/s1. The van der Waals surface area contributed by atoms with Crippen LogP contribution < -0.4 is 9.61 Å². The number of carbonyl (C=O) groups is 1. The van der Waals surface area contributed by atoms with Crippen molar-refractivity contribution in [2.24, 2.45) is 0 Å². The van der Waals surface area contributed by atoms with Gasteiger partial charge < -0.3 is 9.26 Å². The topological polar surface area (TPSA) is 47.6 Å². The third-order valence-corrected chi connectivity index (χ3v) is 4.20. The zero-order chi connectivity index (χ0) is 14.5. The summed E-state index contributed by atoms with van der Waals surface area (Å²) in [6, 6.07) is 8.38. The van der Waals surface area contributed by atoms with Crippen molar-refractivity contribution in [3.8, 4) is 5.75 Å². The molecule has 1 aromatic carbocycles. The Labute approximate surface area is 123 Å². The van der Waals surface area contributed by atoms with Crippen molar-refractivity contribution >= 4 is 34.8 Å². The normalized spacial score (nSPS) is 15.6. The van der Waals surface area contributed by atoms with Gasteiger partial charge in [0.15, 0.2) is 0 Å². The van der Waals surface area contributed by atoms with Gasteiger partial charge in [-0.1, -0.05) is 18.2 Å². The lowest BCUT2D eigenvalue weighted by Gasteiger charge is -2.21. The van der Waals surface area contributed by atoms with Crippen molar-refractivity contribution in [3.63, 3.8) is 0 Å². The first-order valence-electron chi connectivity index (χ1n) is 5.83. The van der Waals surface area contributed by atoms with E-state index >= 15 is 0 Å². The van der Waals surface area contributed by atoms with E-state index in [9.17, 15) is 4.79 Å². The molecule has 0 aliphatic rings. The zero-order valence-corrected chi connectivity index (χ0v) is 13.5. The molecular formula is C12H17ClNO3PS. The second kappa shape index (κ2) is 7.25. The fourth-order valence-electron chi connectivity index (χ4n) is 1.26. The molecule has 19 heavy (non-hydrogen) atoms. The highest BCUT2D eigenvalue weighted by atomic mass is 35.7. The van der Waals surface area contributed by atoms with Gasteiger partial charge in [0.05, 0.1) is 6.10 Å². The summed E-state index contributed by atoms with van der Waals surface area (Å²) in [4.78, 5) is 11.7. The van der Waals surface area contributed by atoms with E-state index < -0.39 is 17.8 Å². The van der Waals surface area contributed by atoms with Gasteiger partial charge >= 0.3 is 5.97 Å². The van der Waals surface area contributed by atoms with E-state index in [1.807, 2.05) is 18.2 Å². The molecule has 1 aromatic rings. The molecule has 4 nitrogen and oxygen atoms in total. The van der Waals surface area contributed by atoms with E-state index in [-0.39, 0.29) is 6.10 Å². The maximum absolute atomic E-state index is 11.7. The van der Waals surface area contributed by atoms with Gasteiger partial charge in [0.1, 0.15) is 11.8 Å². The Morgan fingerprint density at radius 3 is 2.42 bits per heavy atom. The van der Waals surface area contributed by atoms with Crippen molar-refractivity contribution < 1.29 is 14.1 Å². The molecule has 0 aliphatic carbocycles. The number of esters is 1. The van der Waals surface area contributed by atoms with Gasteiger partial charge in [-0.25, -0.2) is 5.09 Å². The lowest BCUT2D eigenvalue weighted by Crippen LogP contribution is -2.34. The predicted molar refractivity (Wildman–Crippen MR) is 81.0 cm³/mol. The number of ether oxygens (including phenoxy) is 1. The highest BCUT2D eigenvalue weighted by Crippen LogP contribution is 2.48. The summed E-state index contributed by atoms with van der Waals surface area (Å²) in [5.74, 6) is -2.65. The van der Waals surface area contributed by atoms with E-state index in [0.29, 0.717) is 5.75 Å². The molecule has 0 spiro atoms.